The lowest BCUT2D eigenvalue weighted by Crippen LogP contribution is -2.21. The third-order valence-electron chi connectivity index (χ3n) is 2.89. The van der Waals surface area contributed by atoms with E-state index in [2.05, 4.69) is 15.4 Å². The molecule has 1 aliphatic carbocycles. The second-order valence-corrected chi connectivity index (χ2v) is 4.16. The van der Waals surface area contributed by atoms with Gasteiger partial charge in [0.25, 0.3) is 5.88 Å². The van der Waals surface area contributed by atoms with Crippen molar-refractivity contribution in [1.82, 2.24) is 9.97 Å². The Hall–Kier alpha value is -1.96. The van der Waals surface area contributed by atoms with E-state index in [0.29, 0.717) is 0 Å². The van der Waals surface area contributed by atoms with E-state index >= 15 is 0 Å². The fourth-order valence-electron chi connectivity index (χ4n) is 1.98. The Morgan fingerprint density at radius 2 is 2.17 bits per heavy atom. The Balaban J connectivity index is 2.19. The molecule has 1 heterocycles. The van der Waals surface area contributed by atoms with E-state index in [0.717, 1.165) is 31.9 Å². The number of nitrogens with one attached hydrogen (secondary N) is 1. The van der Waals surface area contributed by atoms with Crippen LogP contribution in [0, 0.1) is 10.1 Å². The molecule has 0 radical (unpaired) electrons. The van der Waals surface area contributed by atoms with Crippen LogP contribution >= 0.6 is 0 Å². The molecule has 1 saturated carbocycles. The zero-order valence-corrected chi connectivity index (χ0v) is 9.83. The molecule has 1 aromatic heterocycles. The fourth-order valence-corrected chi connectivity index (χ4v) is 1.98. The van der Waals surface area contributed by atoms with E-state index in [-0.39, 0.29) is 23.6 Å². The monoisotopic (exact) mass is 253 g/mol. The van der Waals surface area contributed by atoms with Gasteiger partial charge in [0, 0.05) is 0 Å². The summed E-state index contributed by atoms with van der Waals surface area (Å²) < 4.78 is 5.60. The van der Waals surface area contributed by atoms with Gasteiger partial charge in [-0.15, -0.1) is 0 Å². The second-order valence-electron chi connectivity index (χ2n) is 4.16. The van der Waals surface area contributed by atoms with E-state index in [1.165, 1.54) is 6.42 Å². The normalized spacial score (nSPS) is 16.3. The number of rotatable bonds is 4. The number of nitrogens with two attached hydrogens (primary N) is 1. The quantitative estimate of drug-likeness (QED) is 0.473. The molecule has 0 bridgehead atoms. The highest BCUT2D eigenvalue weighted by Gasteiger charge is 2.23. The van der Waals surface area contributed by atoms with Crippen LogP contribution in [-0.2, 0) is 0 Å². The zero-order chi connectivity index (χ0) is 13.0. The zero-order valence-electron chi connectivity index (χ0n) is 9.83. The van der Waals surface area contributed by atoms with Crippen LogP contribution < -0.4 is 16.0 Å². The molecule has 0 atom stereocenters. The summed E-state index contributed by atoms with van der Waals surface area (Å²) in [6.07, 6.45) is 6.20. The first kappa shape index (κ1) is 12.5. The molecule has 0 aromatic carbocycles. The summed E-state index contributed by atoms with van der Waals surface area (Å²) in [5.74, 6) is 5.26. The number of hydrogen-bond donors (Lipinski definition) is 2. The summed E-state index contributed by atoms with van der Waals surface area (Å²) in [7, 11) is 0. The first-order chi connectivity index (χ1) is 8.70. The summed E-state index contributed by atoms with van der Waals surface area (Å²) in [5.41, 5.74) is 2.01. The van der Waals surface area contributed by atoms with Crippen molar-refractivity contribution in [2.45, 2.75) is 38.2 Å². The SMILES string of the molecule is NNc1ncc([N+](=O)[O-])c(OC2CCCCC2)n1. The molecule has 0 amide bonds. The third-order valence-corrected chi connectivity index (χ3v) is 2.89. The van der Waals surface area contributed by atoms with Crippen LogP contribution in [0.3, 0.4) is 0 Å². The van der Waals surface area contributed by atoms with Gasteiger partial charge < -0.3 is 4.74 Å². The molecule has 3 N–H and O–H groups in total. The number of nitrogen functional groups attached to an aromatic ring is 1. The predicted molar refractivity (Wildman–Crippen MR) is 64.0 cm³/mol. The maximum absolute atomic E-state index is 10.9. The first-order valence-corrected chi connectivity index (χ1v) is 5.85. The summed E-state index contributed by atoms with van der Waals surface area (Å²) in [4.78, 5) is 17.9. The Morgan fingerprint density at radius 1 is 1.44 bits per heavy atom. The van der Waals surface area contributed by atoms with E-state index in [9.17, 15) is 10.1 Å². The van der Waals surface area contributed by atoms with Gasteiger partial charge in [0.15, 0.2) is 0 Å². The molecule has 18 heavy (non-hydrogen) atoms. The first-order valence-electron chi connectivity index (χ1n) is 5.85. The Labute approximate surface area is 104 Å². The molecule has 0 unspecified atom stereocenters. The predicted octanol–water partition coefficient (Wildman–Crippen LogP) is 1.38. The van der Waals surface area contributed by atoms with E-state index in [4.69, 9.17) is 10.6 Å². The van der Waals surface area contributed by atoms with Crippen molar-refractivity contribution in [1.29, 1.82) is 0 Å². The van der Waals surface area contributed by atoms with E-state index < -0.39 is 4.92 Å². The van der Waals surface area contributed by atoms with Crippen LogP contribution in [0.25, 0.3) is 0 Å². The number of aromatic nitrogens is 2. The van der Waals surface area contributed by atoms with E-state index in [1.54, 1.807) is 0 Å². The van der Waals surface area contributed by atoms with Gasteiger partial charge >= 0.3 is 5.69 Å². The van der Waals surface area contributed by atoms with Crippen LogP contribution in [0.15, 0.2) is 6.20 Å². The molecule has 8 heteroatoms. The van der Waals surface area contributed by atoms with Crippen LogP contribution in [0.1, 0.15) is 32.1 Å². The van der Waals surface area contributed by atoms with Crippen molar-refractivity contribution < 1.29 is 9.66 Å². The van der Waals surface area contributed by atoms with Crippen molar-refractivity contribution >= 4 is 11.6 Å². The van der Waals surface area contributed by atoms with Gasteiger partial charge in [-0.1, -0.05) is 6.42 Å². The topological polar surface area (TPSA) is 116 Å². The summed E-state index contributed by atoms with van der Waals surface area (Å²) in [6, 6.07) is 0. The number of nitro groups is 1. The Bertz CT molecular complexity index is 434. The third kappa shape index (κ3) is 2.83. The molecule has 8 nitrogen and oxygen atoms in total. The average molecular weight is 253 g/mol. The molecule has 0 spiro atoms. The standard InChI is InChI=1S/C10H15N5O3/c11-14-10-12-6-8(15(16)17)9(13-10)18-7-4-2-1-3-5-7/h6-7H,1-5,11H2,(H,12,13,14). The smallest absolute Gasteiger partial charge is 0.349 e. The van der Waals surface area contributed by atoms with Crippen LogP contribution in [0.2, 0.25) is 0 Å². The highest BCUT2D eigenvalue weighted by atomic mass is 16.6. The largest absolute Gasteiger partial charge is 0.469 e. The number of hydrazine groups is 1. The summed E-state index contributed by atoms with van der Waals surface area (Å²) >= 11 is 0. The van der Waals surface area contributed by atoms with Gasteiger partial charge in [-0.05, 0) is 25.7 Å². The number of ether oxygens (including phenoxy) is 1. The van der Waals surface area contributed by atoms with Gasteiger partial charge in [0.05, 0.1) is 4.92 Å². The molecule has 1 fully saturated rings. The maximum Gasteiger partial charge on any atom is 0.349 e. The Morgan fingerprint density at radius 3 is 2.78 bits per heavy atom. The van der Waals surface area contributed by atoms with Crippen molar-refractivity contribution in [3.63, 3.8) is 0 Å². The van der Waals surface area contributed by atoms with Crippen molar-refractivity contribution in [3.8, 4) is 5.88 Å². The summed E-state index contributed by atoms with van der Waals surface area (Å²) in [6.45, 7) is 0. The minimum Gasteiger partial charge on any atom is -0.469 e. The van der Waals surface area contributed by atoms with Gasteiger partial charge in [0.2, 0.25) is 5.95 Å². The summed E-state index contributed by atoms with van der Waals surface area (Å²) in [5, 5.41) is 10.9. The maximum atomic E-state index is 10.9. The molecule has 0 saturated heterocycles. The highest BCUT2D eigenvalue weighted by Crippen LogP contribution is 2.29. The van der Waals surface area contributed by atoms with Gasteiger partial charge in [-0.25, -0.2) is 10.8 Å². The average Bonchev–Trinajstić information content (AvgIpc) is 2.39. The molecule has 0 aliphatic heterocycles. The molecular weight excluding hydrogens is 238 g/mol. The Kier molecular flexibility index (Phi) is 3.88. The van der Waals surface area contributed by atoms with Crippen LogP contribution in [0.5, 0.6) is 5.88 Å². The highest BCUT2D eigenvalue weighted by molar-refractivity contribution is 5.42. The van der Waals surface area contributed by atoms with Crippen molar-refractivity contribution in [2.24, 2.45) is 5.84 Å². The molecule has 1 aromatic rings. The minimum absolute atomic E-state index is 0.0158. The second kappa shape index (κ2) is 5.58. The van der Waals surface area contributed by atoms with Gasteiger partial charge in [0.1, 0.15) is 12.3 Å². The number of nitrogens with zero attached hydrogens (tertiary/aromatic N) is 3. The fraction of sp³-hybridized carbons (Fsp3) is 0.600. The molecule has 1 aliphatic rings. The van der Waals surface area contributed by atoms with Gasteiger partial charge in [-0.2, -0.15) is 4.98 Å². The number of hydrogen-bond acceptors (Lipinski definition) is 7. The minimum atomic E-state index is -0.557. The lowest BCUT2D eigenvalue weighted by Gasteiger charge is -2.22. The van der Waals surface area contributed by atoms with Crippen molar-refractivity contribution in [2.75, 3.05) is 5.43 Å². The molecule has 98 valence electrons. The van der Waals surface area contributed by atoms with Crippen LogP contribution in [0.4, 0.5) is 11.6 Å². The lowest BCUT2D eigenvalue weighted by atomic mass is 9.98. The van der Waals surface area contributed by atoms with Crippen LogP contribution in [-0.4, -0.2) is 21.0 Å². The van der Waals surface area contributed by atoms with Gasteiger partial charge in [-0.3, -0.25) is 15.5 Å². The number of anilines is 1. The van der Waals surface area contributed by atoms with E-state index in [1.807, 2.05) is 0 Å². The molecular formula is C10H15N5O3. The molecule has 2 rings (SSSR count). The van der Waals surface area contributed by atoms with Crippen molar-refractivity contribution in [3.05, 3.63) is 16.3 Å². The lowest BCUT2D eigenvalue weighted by molar-refractivity contribution is -0.386.